The quantitative estimate of drug-likeness (QED) is 0.489. The number of rotatable bonds is 3. The van der Waals surface area contributed by atoms with E-state index in [0.29, 0.717) is 40.5 Å². The van der Waals surface area contributed by atoms with Gasteiger partial charge in [0, 0.05) is 18.2 Å². The van der Waals surface area contributed by atoms with Crippen molar-refractivity contribution in [1.29, 1.82) is 0 Å². The minimum atomic E-state index is -0.325. The maximum absolute atomic E-state index is 12.3. The van der Waals surface area contributed by atoms with Gasteiger partial charge in [-0.3, -0.25) is 24.6 Å². The zero-order chi connectivity index (χ0) is 18.4. The topological polar surface area (TPSA) is 91.7 Å². The summed E-state index contributed by atoms with van der Waals surface area (Å²) >= 11 is 4.88. The molecule has 1 aromatic carbocycles. The standard InChI is InChI=1S/C18H13N3O4S/c1-2-21-16(23)11-5-3-9(7-12(11)17(21)24)14-6-4-10(25-14)8-13-15(22)20-18(26)19-13/h3-8H,2H2,1H3,(H2,19,20,22,26). The molecule has 3 amide bonds. The molecule has 7 nitrogen and oxygen atoms in total. The molecule has 0 radical (unpaired) electrons. The summed E-state index contributed by atoms with van der Waals surface area (Å²) < 4.78 is 5.74. The zero-order valence-electron chi connectivity index (χ0n) is 13.7. The number of nitrogens with zero attached hydrogens (tertiary/aromatic N) is 1. The number of benzene rings is 1. The molecule has 2 aromatic rings. The van der Waals surface area contributed by atoms with Gasteiger partial charge in [-0.15, -0.1) is 0 Å². The van der Waals surface area contributed by atoms with E-state index in [2.05, 4.69) is 10.6 Å². The summed E-state index contributed by atoms with van der Waals surface area (Å²) in [4.78, 5) is 37.4. The van der Waals surface area contributed by atoms with Crippen LogP contribution in [0.1, 0.15) is 33.4 Å². The van der Waals surface area contributed by atoms with Gasteiger partial charge in [-0.2, -0.15) is 0 Å². The van der Waals surface area contributed by atoms with Crippen molar-refractivity contribution in [3.8, 4) is 11.3 Å². The number of furan rings is 1. The average molecular weight is 367 g/mol. The average Bonchev–Trinajstić information content (AvgIpc) is 3.27. The van der Waals surface area contributed by atoms with Crippen LogP contribution in [0.25, 0.3) is 17.4 Å². The first-order chi connectivity index (χ1) is 12.5. The lowest BCUT2D eigenvalue weighted by atomic mass is 10.0. The normalized spacial score (nSPS) is 17.7. The number of thiocarbonyl (C=S) groups is 1. The molecule has 0 bridgehead atoms. The van der Waals surface area contributed by atoms with Crippen LogP contribution < -0.4 is 10.6 Å². The van der Waals surface area contributed by atoms with Gasteiger partial charge in [0.15, 0.2) is 5.11 Å². The van der Waals surface area contributed by atoms with Crippen LogP contribution in [0.4, 0.5) is 0 Å². The predicted octanol–water partition coefficient (Wildman–Crippen LogP) is 1.91. The highest BCUT2D eigenvalue weighted by molar-refractivity contribution is 7.80. The van der Waals surface area contributed by atoms with Crippen LogP contribution in [0, 0.1) is 0 Å². The maximum atomic E-state index is 12.3. The van der Waals surface area contributed by atoms with E-state index in [9.17, 15) is 14.4 Å². The molecular weight excluding hydrogens is 354 g/mol. The monoisotopic (exact) mass is 367 g/mol. The molecule has 2 N–H and O–H groups in total. The van der Waals surface area contributed by atoms with Gasteiger partial charge < -0.3 is 9.73 Å². The molecule has 0 atom stereocenters. The number of hydrogen-bond donors (Lipinski definition) is 2. The van der Waals surface area contributed by atoms with Crippen molar-refractivity contribution < 1.29 is 18.8 Å². The minimum Gasteiger partial charge on any atom is -0.457 e. The first kappa shape index (κ1) is 16.2. The number of hydrogen-bond acceptors (Lipinski definition) is 5. The van der Waals surface area contributed by atoms with Gasteiger partial charge in [0.1, 0.15) is 17.2 Å². The highest BCUT2D eigenvalue weighted by Crippen LogP contribution is 2.30. The summed E-state index contributed by atoms with van der Waals surface area (Å²) in [6.07, 6.45) is 1.54. The lowest BCUT2D eigenvalue weighted by Crippen LogP contribution is -2.29. The Bertz CT molecular complexity index is 1020. The second-order valence-corrected chi connectivity index (χ2v) is 6.19. The lowest BCUT2D eigenvalue weighted by molar-refractivity contribution is -0.115. The molecule has 2 aliphatic heterocycles. The Morgan fingerprint density at radius 2 is 1.85 bits per heavy atom. The Labute approximate surface area is 153 Å². The summed E-state index contributed by atoms with van der Waals surface area (Å²) in [7, 11) is 0. The van der Waals surface area contributed by atoms with E-state index in [0.717, 1.165) is 0 Å². The fraction of sp³-hybridized carbons (Fsp3) is 0.111. The molecule has 8 heteroatoms. The molecule has 3 heterocycles. The highest BCUT2D eigenvalue weighted by Gasteiger charge is 2.34. The van der Waals surface area contributed by atoms with E-state index in [1.165, 1.54) is 4.90 Å². The summed E-state index contributed by atoms with van der Waals surface area (Å²) in [5.74, 6) is 0.0762. The van der Waals surface area contributed by atoms with Crippen LogP contribution in [0.3, 0.4) is 0 Å². The molecule has 1 aromatic heterocycles. The molecule has 0 aliphatic carbocycles. The SMILES string of the molecule is CCN1C(=O)c2ccc(-c3ccc(C=C4NC(=S)NC4=O)o3)cc2C1=O. The first-order valence-corrected chi connectivity index (χ1v) is 8.33. The van der Waals surface area contributed by atoms with E-state index in [1.807, 2.05) is 0 Å². The van der Waals surface area contributed by atoms with Crippen LogP contribution in [0.15, 0.2) is 40.4 Å². The number of carbonyl (C=O) groups excluding carboxylic acids is 3. The van der Waals surface area contributed by atoms with Crippen molar-refractivity contribution in [1.82, 2.24) is 15.5 Å². The second kappa shape index (κ2) is 5.92. The van der Waals surface area contributed by atoms with Crippen LogP contribution in [-0.2, 0) is 4.79 Å². The van der Waals surface area contributed by atoms with Gasteiger partial charge in [0.2, 0.25) is 0 Å². The first-order valence-electron chi connectivity index (χ1n) is 7.92. The molecule has 0 saturated carbocycles. The van der Waals surface area contributed by atoms with Crippen molar-refractivity contribution in [2.45, 2.75) is 6.92 Å². The molecule has 1 saturated heterocycles. The van der Waals surface area contributed by atoms with E-state index in [4.69, 9.17) is 16.6 Å². The van der Waals surface area contributed by atoms with Gasteiger partial charge in [-0.05, 0) is 43.4 Å². The Morgan fingerprint density at radius 1 is 1.08 bits per heavy atom. The predicted molar refractivity (Wildman–Crippen MR) is 97.0 cm³/mol. The third-order valence-corrected chi connectivity index (χ3v) is 4.41. The second-order valence-electron chi connectivity index (χ2n) is 5.78. The van der Waals surface area contributed by atoms with Crippen LogP contribution in [0.5, 0.6) is 0 Å². The summed E-state index contributed by atoms with van der Waals surface area (Å²) in [6, 6.07) is 8.45. The maximum Gasteiger partial charge on any atom is 0.274 e. The minimum absolute atomic E-state index is 0.246. The summed E-state index contributed by atoms with van der Waals surface area (Å²) in [5.41, 5.74) is 1.73. The van der Waals surface area contributed by atoms with Crippen molar-refractivity contribution in [3.05, 3.63) is 52.9 Å². The van der Waals surface area contributed by atoms with Crippen LogP contribution in [0.2, 0.25) is 0 Å². The Morgan fingerprint density at radius 3 is 2.54 bits per heavy atom. The van der Waals surface area contributed by atoms with Crippen LogP contribution >= 0.6 is 12.2 Å². The van der Waals surface area contributed by atoms with Crippen LogP contribution in [-0.4, -0.2) is 34.3 Å². The number of nitrogens with one attached hydrogen (secondary N) is 2. The molecule has 130 valence electrons. The highest BCUT2D eigenvalue weighted by atomic mass is 32.1. The van der Waals surface area contributed by atoms with Gasteiger partial charge in [0.05, 0.1) is 11.1 Å². The Hall–Kier alpha value is -3.26. The number of imide groups is 1. The molecule has 0 spiro atoms. The Kier molecular flexibility index (Phi) is 3.69. The van der Waals surface area contributed by atoms with Crippen molar-refractivity contribution in [3.63, 3.8) is 0 Å². The van der Waals surface area contributed by atoms with Gasteiger partial charge in [-0.25, -0.2) is 0 Å². The van der Waals surface area contributed by atoms with Gasteiger partial charge in [-0.1, -0.05) is 6.07 Å². The smallest absolute Gasteiger partial charge is 0.274 e. The van der Waals surface area contributed by atoms with E-state index < -0.39 is 0 Å². The molecule has 2 aliphatic rings. The molecule has 1 fully saturated rings. The largest absolute Gasteiger partial charge is 0.457 e. The molecular formula is C18H13N3O4S. The molecule has 4 rings (SSSR count). The Balaban J connectivity index is 1.66. The third kappa shape index (κ3) is 2.51. The zero-order valence-corrected chi connectivity index (χ0v) is 14.5. The fourth-order valence-corrected chi connectivity index (χ4v) is 3.14. The molecule has 0 unspecified atom stereocenters. The van der Waals surface area contributed by atoms with Crippen molar-refractivity contribution in [2.24, 2.45) is 0 Å². The lowest BCUT2D eigenvalue weighted by Gasteiger charge is -2.08. The van der Waals surface area contributed by atoms with E-state index >= 15 is 0 Å². The van der Waals surface area contributed by atoms with Gasteiger partial charge >= 0.3 is 0 Å². The summed E-state index contributed by atoms with van der Waals surface area (Å²) in [5, 5.41) is 5.46. The van der Waals surface area contributed by atoms with Crippen molar-refractivity contribution in [2.75, 3.05) is 6.54 Å². The van der Waals surface area contributed by atoms with Crippen molar-refractivity contribution >= 4 is 41.1 Å². The number of carbonyl (C=O) groups is 3. The number of amides is 3. The van der Waals surface area contributed by atoms with E-state index in [1.54, 1.807) is 43.3 Å². The van der Waals surface area contributed by atoms with E-state index in [-0.39, 0.29) is 22.8 Å². The third-order valence-electron chi connectivity index (χ3n) is 4.20. The summed E-state index contributed by atoms with van der Waals surface area (Å²) in [6.45, 7) is 2.09. The fourth-order valence-electron chi connectivity index (χ4n) is 2.94. The van der Waals surface area contributed by atoms with Gasteiger partial charge in [0.25, 0.3) is 17.7 Å². The molecule has 26 heavy (non-hydrogen) atoms. The number of fused-ring (bicyclic) bond motifs is 1.